The molecule has 36 heavy (non-hydrogen) atoms. The van der Waals surface area contributed by atoms with Crippen molar-refractivity contribution in [3.05, 3.63) is 65.2 Å². The summed E-state index contributed by atoms with van der Waals surface area (Å²) in [6.07, 6.45) is 2.94. The molecule has 2 amide bonds. The summed E-state index contributed by atoms with van der Waals surface area (Å²) < 4.78 is 26.4. The molecular weight excluding hydrogens is 474 g/mol. The van der Waals surface area contributed by atoms with E-state index in [9.17, 15) is 18.0 Å². The Bertz CT molecular complexity index is 1130. The van der Waals surface area contributed by atoms with Gasteiger partial charge in [-0.05, 0) is 62.8 Å². The molecule has 0 spiro atoms. The van der Waals surface area contributed by atoms with Crippen LogP contribution in [0.2, 0.25) is 0 Å². The fraction of sp³-hybridized carbons (Fsp3) is 0.500. The molecule has 0 saturated heterocycles. The first-order valence-electron chi connectivity index (χ1n) is 12.7. The van der Waals surface area contributed by atoms with Gasteiger partial charge in [-0.2, -0.15) is 0 Å². The Labute approximate surface area is 216 Å². The van der Waals surface area contributed by atoms with E-state index < -0.39 is 16.1 Å². The largest absolute Gasteiger partial charge is 0.352 e. The van der Waals surface area contributed by atoms with E-state index >= 15 is 0 Å². The maximum absolute atomic E-state index is 13.5. The van der Waals surface area contributed by atoms with Crippen molar-refractivity contribution in [2.24, 2.45) is 0 Å². The van der Waals surface area contributed by atoms with E-state index in [1.54, 1.807) is 17.0 Å². The number of rotatable bonds is 13. The minimum absolute atomic E-state index is 0.0133. The molecule has 7 nitrogen and oxygen atoms in total. The molecule has 2 aromatic carbocycles. The third-order valence-electron chi connectivity index (χ3n) is 6.53. The van der Waals surface area contributed by atoms with E-state index in [1.807, 2.05) is 71.0 Å². The summed E-state index contributed by atoms with van der Waals surface area (Å²) in [6, 6.07) is 14.6. The molecule has 0 aliphatic rings. The molecule has 1 N–H and O–H groups in total. The van der Waals surface area contributed by atoms with Crippen LogP contribution in [0, 0.1) is 13.8 Å². The summed E-state index contributed by atoms with van der Waals surface area (Å²) in [5.41, 5.74) is 3.50. The smallest absolute Gasteiger partial charge is 0.243 e. The van der Waals surface area contributed by atoms with Crippen molar-refractivity contribution in [2.75, 3.05) is 17.1 Å². The molecule has 0 fully saturated rings. The Morgan fingerprint density at radius 2 is 1.56 bits per heavy atom. The van der Waals surface area contributed by atoms with Crippen LogP contribution in [0.15, 0.2) is 48.5 Å². The van der Waals surface area contributed by atoms with E-state index in [0.717, 1.165) is 23.1 Å². The van der Waals surface area contributed by atoms with E-state index in [2.05, 4.69) is 5.32 Å². The first-order valence-corrected chi connectivity index (χ1v) is 14.5. The molecule has 0 aliphatic heterocycles. The first kappa shape index (κ1) is 29.4. The molecule has 198 valence electrons. The number of anilines is 1. The maximum Gasteiger partial charge on any atom is 0.243 e. The van der Waals surface area contributed by atoms with Crippen LogP contribution in [0.4, 0.5) is 5.69 Å². The maximum atomic E-state index is 13.5. The molecule has 0 bridgehead atoms. The number of nitrogens with one attached hydrogen (secondary N) is 1. The number of carbonyl (C=O) groups is 2. The number of sulfonamides is 1. The van der Waals surface area contributed by atoms with Crippen molar-refractivity contribution in [2.45, 2.75) is 78.9 Å². The summed E-state index contributed by atoms with van der Waals surface area (Å²) in [5.74, 6) is -0.325. The van der Waals surface area contributed by atoms with Gasteiger partial charge in [-0.3, -0.25) is 13.9 Å². The van der Waals surface area contributed by atoms with Crippen molar-refractivity contribution in [1.82, 2.24) is 10.2 Å². The van der Waals surface area contributed by atoms with Crippen LogP contribution >= 0.6 is 0 Å². The predicted molar refractivity (Wildman–Crippen MR) is 146 cm³/mol. The lowest BCUT2D eigenvalue weighted by atomic mass is 10.0. The Balaban J connectivity index is 2.25. The van der Waals surface area contributed by atoms with Crippen LogP contribution in [-0.4, -0.2) is 50.0 Å². The normalized spacial score (nSPS) is 13.1. The lowest BCUT2D eigenvalue weighted by Gasteiger charge is -2.32. The highest BCUT2D eigenvalue weighted by Crippen LogP contribution is 2.23. The van der Waals surface area contributed by atoms with Gasteiger partial charge in [0.2, 0.25) is 21.8 Å². The van der Waals surface area contributed by atoms with Gasteiger partial charge in [-0.25, -0.2) is 8.42 Å². The topological polar surface area (TPSA) is 86.8 Å². The monoisotopic (exact) mass is 515 g/mol. The minimum Gasteiger partial charge on any atom is -0.352 e. The fourth-order valence-electron chi connectivity index (χ4n) is 4.16. The molecule has 0 saturated carbocycles. The van der Waals surface area contributed by atoms with Gasteiger partial charge >= 0.3 is 0 Å². The molecule has 0 heterocycles. The zero-order chi connectivity index (χ0) is 26.9. The molecular formula is C28H41N3O4S. The van der Waals surface area contributed by atoms with Crippen LogP contribution in [0.1, 0.15) is 63.1 Å². The lowest BCUT2D eigenvalue weighted by Crippen LogP contribution is -2.50. The average Bonchev–Trinajstić information content (AvgIpc) is 2.82. The van der Waals surface area contributed by atoms with Gasteiger partial charge in [0.1, 0.15) is 6.04 Å². The Hall–Kier alpha value is -2.87. The number of carbonyl (C=O) groups excluding carboxylic acids is 2. The summed E-state index contributed by atoms with van der Waals surface area (Å²) in [4.78, 5) is 28.3. The third-order valence-corrected chi connectivity index (χ3v) is 7.71. The number of aryl methyl sites for hydroxylation is 2. The molecule has 2 atom stereocenters. The molecule has 2 aromatic rings. The SMILES string of the molecule is CC[C@@H](C)NC(=O)[C@@H](CC)N(Cc1ccccc1C)C(=O)CCCN(c1ccccc1C)S(C)(=O)=O. The van der Waals surface area contributed by atoms with Gasteiger partial charge in [0.25, 0.3) is 0 Å². The zero-order valence-electron chi connectivity index (χ0n) is 22.5. The predicted octanol–water partition coefficient (Wildman–Crippen LogP) is 4.57. The fourth-order valence-corrected chi connectivity index (χ4v) is 5.18. The van der Waals surface area contributed by atoms with Crippen LogP contribution in [0.3, 0.4) is 0 Å². The van der Waals surface area contributed by atoms with Gasteiger partial charge < -0.3 is 10.2 Å². The zero-order valence-corrected chi connectivity index (χ0v) is 23.3. The van der Waals surface area contributed by atoms with Crippen molar-refractivity contribution in [3.8, 4) is 0 Å². The van der Waals surface area contributed by atoms with Gasteiger partial charge in [-0.1, -0.05) is 56.3 Å². The van der Waals surface area contributed by atoms with Crippen LogP contribution in [-0.2, 0) is 26.2 Å². The third kappa shape index (κ3) is 8.08. The molecule has 0 aliphatic carbocycles. The van der Waals surface area contributed by atoms with Crippen molar-refractivity contribution in [3.63, 3.8) is 0 Å². The summed E-state index contributed by atoms with van der Waals surface area (Å²) >= 11 is 0. The van der Waals surface area contributed by atoms with Crippen molar-refractivity contribution in [1.29, 1.82) is 0 Å². The number of para-hydroxylation sites is 1. The Kier molecular flexibility index (Phi) is 11.0. The second-order valence-corrected chi connectivity index (χ2v) is 11.3. The van der Waals surface area contributed by atoms with E-state index in [4.69, 9.17) is 0 Å². The Morgan fingerprint density at radius 1 is 0.944 bits per heavy atom. The van der Waals surface area contributed by atoms with E-state index in [0.29, 0.717) is 25.1 Å². The van der Waals surface area contributed by atoms with Crippen molar-refractivity contribution >= 4 is 27.5 Å². The molecule has 2 rings (SSSR count). The minimum atomic E-state index is -3.52. The average molecular weight is 516 g/mol. The van der Waals surface area contributed by atoms with Gasteiger partial charge in [0.15, 0.2) is 0 Å². The second kappa shape index (κ2) is 13.4. The summed E-state index contributed by atoms with van der Waals surface area (Å²) in [5, 5.41) is 3.02. The van der Waals surface area contributed by atoms with Gasteiger partial charge in [0.05, 0.1) is 11.9 Å². The number of nitrogens with zero attached hydrogens (tertiary/aromatic N) is 2. The summed E-state index contributed by atoms with van der Waals surface area (Å²) in [7, 11) is -3.52. The van der Waals surface area contributed by atoms with Crippen LogP contribution in [0.5, 0.6) is 0 Å². The standard InChI is InChI=1S/C28H41N3O4S/c1-7-23(5)29-28(33)25(8-2)30(20-24-16-11-9-14-21(24)3)27(32)18-13-19-31(36(6,34)35)26-17-12-10-15-22(26)4/h9-12,14-17,23,25H,7-8,13,18-20H2,1-6H3,(H,29,33)/t23-,25-/m1/s1. The first-order chi connectivity index (χ1) is 17.0. The highest BCUT2D eigenvalue weighted by Gasteiger charge is 2.29. The number of hydrogen-bond donors (Lipinski definition) is 1. The second-order valence-electron chi connectivity index (χ2n) is 9.42. The quantitative estimate of drug-likeness (QED) is 0.423. The highest BCUT2D eigenvalue weighted by molar-refractivity contribution is 7.92. The number of benzene rings is 2. The van der Waals surface area contributed by atoms with Gasteiger partial charge in [0, 0.05) is 25.6 Å². The number of hydrogen-bond acceptors (Lipinski definition) is 4. The lowest BCUT2D eigenvalue weighted by molar-refractivity contribution is -0.141. The highest BCUT2D eigenvalue weighted by atomic mass is 32.2. The number of amides is 2. The molecule has 8 heteroatoms. The molecule has 0 aromatic heterocycles. The van der Waals surface area contributed by atoms with E-state index in [1.165, 1.54) is 10.6 Å². The van der Waals surface area contributed by atoms with Gasteiger partial charge in [-0.15, -0.1) is 0 Å². The van der Waals surface area contributed by atoms with Crippen LogP contribution in [0.25, 0.3) is 0 Å². The summed E-state index contributed by atoms with van der Waals surface area (Å²) in [6.45, 7) is 10.2. The van der Waals surface area contributed by atoms with Crippen LogP contribution < -0.4 is 9.62 Å². The molecule has 0 radical (unpaired) electrons. The molecule has 0 unspecified atom stereocenters. The van der Waals surface area contributed by atoms with Crippen molar-refractivity contribution < 1.29 is 18.0 Å². The van der Waals surface area contributed by atoms with E-state index in [-0.39, 0.29) is 30.8 Å². The Morgan fingerprint density at radius 3 is 2.11 bits per heavy atom.